The number of anilines is 2. The summed E-state index contributed by atoms with van der Waals surface area (Å²) in [6, 6.07) is 11.6. The number of nitrogen functional groups attached to an aromatic ring is 1. The van der Waals surface area contributed by atoms with Crippen molar-refractivity contribution in [2.24, 2.45) is 0 Å². The van der Waals surface area contributed by atoms with Crippen LogP contribution in [-0.2, 0) is 6.54 Å². The number of fused-ring (bicyclic) bond motifs is 1. The fourth-order valence-corrected chi connectivity index (χ4v) is 2.46. The monoisotopic (exact) mass is 252 g/mol. The van der Waals surface area contributed by atoms with Crippen molar-refractivity contribution in [2.45, 2.75) is 20.4 Å². The second-order valence-corrected chi connectivity index (χ2v) is 5.03. The van der Waals surface area contributed by atoms with Crippen LogP contribution in [0, 0.1) is 13.8 Å². The zero-order chi connectivity index (χ0) is 13.6. The number of rotatable bonds is 1. The van der Waals surface area contributed by atoms with Crippen molar-refractivity contribution in [1.82, 2.24) is 0 Å². The highest BCUT2D eigenvalue weighted by Gasteiger charge is 2.29. The molecule has 3 rings (SSSR count). The average molecular weight is 252 g/mol. The van der Waals surface area contributed by atoms with Gasteiger partial charge in [-0.25, -0.2) is 0 Å². The Hall–Kier alpha value is -2.29. The molecular weight excluding hydrogens is 236 g/mol. The van der Waals surface area contributed by atoms with Crippen LogP contribution in [0.3, 0.4) is 0 Å². The average Bonchev–Trinajstić information content (AvgIpc) is 2.72. The van der Waals surface area contributed by atoms with Gasteiger partial charge in [-0.3, -0.25) is 4.79 Å². The smallest absolute Gasteiger partial charge is 0.259 e. The minimum Gasteiger partial charge on any atom is -0.398 e. The third kappa shape index (κ3) is 1.78. The van der Waals surface area contributed by atoms with Gasteiger partial charge in [0.25, 0.3) is 5.91 Å². The maximum absolute atomic E-state index is 12.4. The van der Waals surface area contributed by atoms with Gasteiger partial charge in [0.05, 0.1) is 6.54 Å². The Morgan fingerprint density at radius 1 is 1.11 bits per heavy atom. The van der Waals surface area contributed by atoms with E-state index in [0.29, 0.717) is 12.2 Å². The Bertz CT molecular complexity index is 676. The fraction of sp³-hybridized carbons (Fsp3) is 0.188. The van der Waals surface area contributed by atoms with Crippen molar-refractivity contribution in [3.8, 4) is 0 Å². The van der Waals surface area contributed by atoms with Crippen LogP contribution in [0.25, 0.3) is 0 Å². The van der Waals surface area contributed by atoms with Gasteiger partial charge in [0.15, 0.2) is 0 Å². The summed E-state index contributed by atoms with van der Waals surface area (Å²) in [7, 11) is 0. The van der Waals surface area contributed by atoms with E-state index in [0.717, 1.165) is 16.8 Å². The van der Waals surface area contributed by atoms with Crippen molar-refractivity contribution in [1.29, 1.82) is 0 Å². The van der Waals surface area contributed by atoms with E-state index in [-0.39, 0.29) is 5.91 Å². The molecule has 3 nitrogen and oxygen atoms in total. The molecule has 0 fully saturated rings. The predicted octanol–water partition coefficient (Wildman–Crippen LogP) is 3.05. The lowest BCUT2D eigenvalue weighted by atomic mass is 10.1. The van der Waals surface area contributed by atoms with Crippen molar-refractivity contribution < 1.29 is 4.79 Å². The Balaban J connectivity index is 2.04. The van der Waals surface area contributed by atoms with Crippen LogP contribution in [0.1, 0.15) is 27.0 Å². The number of carbonyl (C=O) groups is 1. The molecule has 0 radical (unpaired) electrons. The number of hydrogen-bond donors (Lipinski definition) is 1. The molecule has 2 aromatic carbocycles. The SMILES string of the molecule is Cc1ccc(N2Cc3c(N)cccc3C2=O)cc1C. The summed E-state index contributed by atoms with van der Waals surface area (Å²) in [6.45, 7) is 4.68. The molecule has 2 N–H and O–H groups in total. The van der Waals surface area contributed by atoms with Crippen LogP contribution in [-0.4, -0.2) is 5.91 Å². The quantitative estimate of drug-likeness (QED) is 0.793. The van der Waals surface area contributed by atoms with Crippen LogP contribution in [0.2, 0.25) is 0 Å². The van der Waals surface area contributed by atoms with Gasteiger partial charge in [0.1, 0.15) is 0 Å². The highest BCUT2D eigenvalue weighted by Crippen LogP contribution is 2.32. The fourth-order valence-electron chi connectivity index (χ4n) is 2.46. The molecule has 0 bridgehead atoms. The highest BCUT2D eigenvalue weighted by molar-refractivity contribution is 6.11. The van der Waals surface area contributed by atoms with Gasteiger partial charge in [0.2, 0.25) is 0 Å². The van der Waals surface area contributed by atoms with Crippen LogP contribution in [0.4, 0.5) is 11.4 Å². The largest absolute Gasteiger partial charge is 0.398 e. The van der Waals surface area contributed by atoms with Crippen LogP contribution < -0.4 is 10.6 Å². The maximum Gasteiger partial charge on any atom is 0.259 e. The van der Waals surface area contributed by atoms with Gasteiger partial charge < -0.3 is 10.6 Å². The number of carbonyl (C=O) groups excluding carboxylic acids is 1. The summed E-state index contributed by atoms with van der Waals surface area (Å²) in [4.78, 5) is 14.2. The van der Waals surface area contributed by atoms with E-state index in [1.165, 1.54) is 11.1 Å². The van der Waals surface area contributed by atoms with E-state index < -0.39 is 0 Å². The van der Waals surface area contributed by atoms with E-state index in [1.807, 2.05) is 30.3 Å². The topological polar surface area (TPSA) is 46.3 Å². The van der Waals surface area contributed by atoms with Gasteiger partial charge in [-0.15, -0.1) is 0 Å². The summed E-state index contributed by atoms with van der Waals surface area (Å²) in [5, 5.41) is 0. The van der Waals surface area contributed by atoms with Crippen molar-refractivity contribution in [3.63, 3.8) is 0 Å². The number of benzene rings is 2. The van der Waals surface area contributed by atoms with E-state index >= 15 is 0 Å². The zero-order valence-electron chi connectivity index (χ0n) is 11.1. The first-order valence-electron chi connectivity index (χ1n) is 6.34. The molecule has 0 atom stereocenters. The molecule has 0 aliphatic carbocycles. The molecule has 0 aromatic heterocycles. The standard InChI is InChI=1S/C16H16N2O/c1-10-6-7-12(8-11(10)2)18-9-14-13(16(18)19)4-3-5-15(14)17/h3-8H,9,17H2,1-2H3. The first-order chi connectivity index (χ1) is 9.08. The Labute approximate surface area is 112 Å². The maximum atomic E-state index is 12.4. The molecule has 1 amide bonds. The van der Waals surface area contributed by atoms with Gasteiger partial charge >= 0.3 is 0 Å². The van der Waals surface area contributed by atoms with Crippen molar-refractivity contribution in [2.75, 3.05) is 10.6 Å². The second-order valence-electron chi connectivity index (χ2n) is 5.03. The molecule has 96 valence electrons. The third-order valence-electron chi connectivity index (χ3n) is 3.81. The van der Waals surface area contributed by atoms with Crippen molar-refractivity contribution >= 4 is 17.3 Å². The Kier molecular flexibility index (Phi) is 2.56. The molecule has 19 heavy (non-hydrogen) atoms. The number of hydrogen-bond acceptors (Lipinski definition) is 2. The van der Waals surface area contributed by atoms with Crippen LogP contribution in [0.15, 0.2) is 36.4 Å². The van der Waals surface area contributed by atoms with E-state index in [1.54, 1.807) is 4.90 Å². The van der Waals surface area contributed by atoms with Gasteiger partial charge in [0, 0.05) is 22.5 Å². The Morgan fingerprint density at radius 2 is 1.89 bits per heavy atom. The number of nitrogens with zero attached hydrogens (tertiary/aromatic N) is 1. The molecule has 0 spiro atoms. The number of aryl methyl sites for hydroxylation is 2. The van der Waals surface area contributed by atoms with Gasteiger partial charge in [-0.1, -0.05) is 12.1 Å². The molecule has 2 aromatic rings. The molecular formula is C16H16N2O. The second kappa shape index (κ2) is 4.12. The Morgan fingerprint density at radius 3 is 2.58 bits per heavy atom. The number of amides is 1. The lowest BCUT2D eigenvalue weighted by Crippen LogP contribution is -2.23. The number of nitrogens with two attached hydrogens (primary N) is 1. The normalized spacial score (nSPS) is 13.8. The first-order valence-corrected chi connectivity index (χ1v) is 6.34. The minimum atomic E-state index is 0.0329. The molecule has 1 heterocycles. The lowest BCUT2D eigenvalue weighted by Gasteiger charge is -2.17. The van der Waals surface area contributed by atoms with E-state index in [2.05, 4.69) is 19.9 Å². The molecule has 3 heteroatoms. The van der Waals surface area contributed by atoms with Crippen molar-refractivity contribution in [3.05, 3.63) is 58.7 Å². The highest BCUT2D eigenvalue weighted by atomic mass is 16.2. The summed E-state index contributed by atoms with van der Waals surface area (Å²) in [5.41, 5.74) is 11.7. The minimum absolute atomic E-state index is 0.0329. The molecule has 1 aliphatic heterocycles. The van der Waals surface area contributed by atoms with E-state index in [4.69, 9.17) is 5.73 Å². The van der Waals surface area contributed by atoms with Gasteiger partial charge in [-0.05, 0) is 49.2 Å². The van der Waals surface area contributed by atoms with E-state index in [9.17, 15) is 4.79 Å². The summed E-state index contributed by atoms with van der Waals surface area (Å²) in [5.74, 6) is 0.0329. The third-order valence-corrected chi connectivity index (χ3v) is 3.81. The zero-order valence-corrected chi connectivity index (χ0v) is 11.1. The van der Waals surface area contributed by atoms with Crippen LogP contribution in [0.5, 0.6) is 0 Å². The molecule has 0 saturated carbocycles. The summed E-state index contributed by atoms with van der Waals surface area (Å²) in [6.07, 6.45) is 0. The predicted molar refractivity (Wildman–Crippen MR) is 77.3 cm³/mol. The summed E-state index contributed by atoms with van der Waals surface area (Å²) < 4.78 is 0. The molecule has 1 aliphatic rings. The van der Waals surface area contributed by atoms with Crippen LogP contribution >= 0.6 is 0 Å². The molecule has 0 unspecified atom stereocenters. The molecule has 0 saturated heterocycles. The lowest BCUT2D eigenvalue weighted by molar-refractivity contribution is 0.0996. The summed E-state index contributed by atoms with van der Waals surface area (Å²) >= 11 is 0. The first kappa shape index (κ1) is 11.8. The van der Waals surface area contributed by atoms with Gasteiger partial charge in [-0.2, -0.15) is 0 Å².